The largest absolute Gasteiger partial charge is 0.378 e. The van der Waals surface area contributed by atoms with Gasteiger partial charge in [-0.15, -0.1) is 0 Å². The minimum atomic E-state index is 0.352. The summed E-state index contributed by atoms with van der Waals surface area (Å²) in [5, 5.41) is 0. The molecule has 17 heavy (non-hydrogen) atoms. The number of hydrogen-bond acceptors (Lipinski definition) is 6. The number of nitrogens with one attached hydrogen (secondary N) is 1. The third-order valence-electron chi connectivity index (χ3n) is 2.77. The van der Waals surface area contributed by atoms with Crippen molar-refractivity contribution in [2.75, 3.05) is 36.6 Å². The summed E-state index contributed by atoms with van der Waals surface area (Å²) in [5.41, 5.74) is 3.59. The second-order valence-corrected chi connectivity index (χ2v) is 4.38. The normalized spacial score (nSPS) is 16.4. The maximum absolute atomic E-state index is 5.43. The van der Waals surface area contributed by atoms with E-state index in [-0.39, 0.29) is 0 Å². The van der Waals surface area contributed by atoms with Crippen molar-refractivity contribution in [1.29, 1.82) is 0 Å². The summed E-state index contributed by atoms with van der Waals surface area (Å²) in [6.07, 6.45) is 0. The van der Waals surface area contributed by atoms with E-state index in [2.05, 4.69) is 34.1 Å². The van der Waals surface area contributed by atoms with Gasteiger partial charge in [-0.1, -0.05) is 13.8 Å². The standard InChI is InChI=1S/C11H19N5O/c1-8(2)9-7-10(15-12)14-11(13-9)16-3-5-17-6-4-16/h7-8H,3-6,12H2,1-2H3,(H,13,14,15). The highest BCUT2D eigenvalue weighted by Crippen LogP contribution is 2.19. The van der Waals surface area contributed by atoms with Gasteiger partial charge in [-0.25, -0.2) is 10.8 Å². The van der Waals surface area contributed by atoms with Crippen LogP contribution in [0.2, 0.25) is 0 Å². The fourth-order valence-electron chi connectivity index (χ4n) is 1.73. The Morgan fingerprint density at radius 2 is 2.06 bits per heavy atom. The van der Waals surface area contributed by atoms with Crippen molar-refractivity contribution in [2.45, 2.75) is 19.8 Å². The van der Waals surface area contributed by atoms with Gasteiger partial charge in [0.25, 0.3) is 0 Å². The molecule has 1 aromatic rings. The Morgan fingerprint density at radius 1 is 1.35 bits per heavy atom. The van der Waals surface area contributed by atoms with E-state index in [1.807, 2.05) is 6.07 Å². The molecule has 0 aliphatic carbocycles. The molecule has 1 fully saturated rings. The molecule has 1 aromatic heterocycles. The molecule has 0 spiro atoms. The lowest BCUT2D eigenvalue weighted by atomic mass is 10.1. The maximum atomic E-state index is 5.43. The summed E-state index contributed by atoms with van der Waals surface area (Å²) < 4.78 is 5.32. The summed E-state index contributed by atoms with van der Waals surface area (Å²) in [5.74, 6) is 7.17. The Hall–Kier alpha value is -1.40. The molecule has 0 unspecified atom stereocenters. The number of nitrogens with two attached hydrogens (primary N) is 1. The molecule has 94 valence electrons. The third kappa shape index (κ3) is 2.83. The zero-order valence-electron chi connectivity index (χ0n) is 10.3. The van der Waals surface area contributed by atoms with Crippen molar-refractivity contribution in [1.82, 2.24) is 9.97 Å². The molecule has 0 bridgehead atoms. The number of nitrogens with zero attached hydrogens (tertiary/aromatic N) is 3. The molecule has 2 heterocycles. The Kier molecular flexibility index (Phi) is 3.75. The molecule has 0 aromatic carbocycles. The zero-order valence-corrected chi connectivity index (χ0v) is 10.3. The minimum Gasteiger partial charge on any atom is -0.378 e. The first-order chi connectivity index (χ1) is 8.20. The first-order valence-electron chi connectivity index (χ1n) is 5.89. The fraction of sp³-hybridized carbons (Fsp3) is 0.636. The smallest absolute Gasteiger partial charge is 0.227 e. The second kappa shape index (κ2) is 5.29. The van der Waals surface area contributed by atoms with Gasteiger partial charge in [0.15, 0.2) is 0 Å². The molecule has 3 N–H and O–H groups in total. The number of anilines is 2. The third-order valence-corrected chi connectivity index (χ3v) is 2.77. The van der Waals surface area contributed by atoms with Gasteiger partial charge in [0.1, 0.15) is 5.82 Å². The molecule has 1 aliphatic heterocycles. The van der Waals surface area contributed by atoms with Crippen LogP contribution in [-0.4, -0.2) is 36.3 Å². The van der Waals surface area contributed by atoms with Gasteiger partial charge in [-0.3, -0.25) is 0 Å². The van der Waals surface area contributed by atoms with E-state index in [0.29, 0.717) is 11.7 Å². The van der Waals surface area contributed by atoms with E-state index in [1.54, 1.807) is 0 Å². The van der Waals surface area contributed by atoms with E-state index < -0.39 is 0 Å². The summed E-state index contributed by atoms with van der Waals surface area (Å²) in [7, 11) is 0. The highest BCUT2D eigenvalue weighted by molar-refractivity contribution is 5.43. The van der Waals surface area contributed by atoms with Crippen LogP contribution in [0.25, 0.3) is 0 Å². The molecular weight excluding hydrogens is 218 g/mol. The number of morpholine rings is 1. The van der Waals surface area contributed by atoms with E-state index in [0.717, 1.165) is 37.9 Å². The van der Waals surface area contributed by atoms with E-state index >= 15 is 0 Å². The number of hydrogen-bond donors (Lipinski definition) is 2. The van der Waals surface area contributed by atoms with E-state index in [9.17, 15) is 0 Å². The van der Waals surface area contributed by atoms with Gasteiger partial charge in [-0.05, 0) is 5.92 Å². The monoisotopic (exact) mass is 237 g/mol. The highest BCUT2D eigenvalue weighted by atomic mass is 16.5. The lowest BCUT2D eigenvalue weighted by molar-refractivity contribution is 0.122. The number of rotatable bonds is 3. The van der Waals surface area contributed by atoms with Crippen LogP contribution in [0, 0.1) is 0 Å². The van der Waals surface area contributed by atoms with Crippen LogP contribution in [0.1, 0.15) is 25.5 Å². The lowest BCUT2D eigenvalue weighted by Crippen LogP contribution is -2.37. The van der Waals surface area contributed by atoms with E-state index in [1.165, 1.54) is 0 Å². The van der Waals surface area contributed by atoms with Crippen molar-refractivity contribution in [3.8, 4) is 0 Å². The summed E-state index contributed by atoms with van der Waals surface area (Å²) >= 11 is 0. The summed E-state index contributed by atoms with van der Waals surface area (Å²) in [4.78, 5) is 11.1. The second-order valence-electron chi connectivity index (χ2n) is 4.38. The Balaban J connectivity index is 2.28. The minimum absolute atomic E-state index is 0.352. The molecule has 1 saturated heterocycles. The topological polar surface area (TPSA) is 76.3 Å². The molecule has 6 nitrogen and oxygen atoms in total. The number of aromatic nitrogens is 2. The molecule has 2 rings (SSSR count). The number of nitrogen functional groups attached to an aromatic ring is 1. The average Bonchev–Trinajstić information content (AvgIpc) is 2.39. The molecule has 0 amide bonds. The van der Waals surface area contributed by atoms with Crippen LogP contribution in [0.5, 0.6) is 0 Å². The molecule has 0 saturated carbocycles. The SMILES string of the molecule is CC(C)c1cc(NN)nc(N2CCOCC2)n1. The van der Waals surface area contributed by atoms with Crippen LogP contribution in [-0.2, 0) is 4.74 Å². The fourth-order valence-corrected chi connectivity index (χ4v) is 1.73. The predicted molar refractivity (Wildman–Crippen MR) is 67.0 cm³/mol. The molecule has 0 radical (unpaired) electrons. The molecule has 6 heteroatoms. The van der Waals surface area contributed by atoms with Crippen molar-refractivity contribution in [3.63, 3.8) is 0 Å². The van der Waals surface area contributed by atoms with Crippen LogP contribution >= 0.6 is 0 Å². The highest BCUT2D eigenvalue weighted by Gasteiger charge is 2.16. The maximum Gasteiger partial charge on any atom is 0.227 e. The number of ether oxygens (including phenoxy) is 1. The van der Waals surface area contributed by atoms with Gasteiger partial charge in [0.05, 0.1) is 18.9 Å². The first kappa shape index (κ1) is 12.1. The van der Waals surface area contributed by atoms with Crippen molar-refractivity contribution in [3.05, 3.63) is 11.8 Å². The molecular formula is C11H19N5O. The average molecular weight is 237 g/mol. The van der Waals surface area contributed by atoms with Gasteiger partial charge in [0.2, 0.25) is 5.95 Å². The van der Waals surface area contributed by atoms with Crippen molar-refractivity contribution >= 4 is 11.8 Å². The summed E-state index contributed by atoms with van der Waals surface area (Å²) in [6.45, 7) is 7.30. The van der Waals surface area contributed by atoms with Crippen molar-refractivity contribution in [2.24, 2.45) is 5.84 Å². The molecule has 0 atom stereocenters. The van der Waals surface area contributed by atoms with Gasteiger partial charge in [-0.2, -0.15) is 4.98 Å². The van der Waals surface area contributed by atoms with Gasteiger partial charge >= 0.3 is 0 Å². The van der Waals surface area contributed by atoms with Crippen LogP contribution in [0.3, 0.4) is 0 Å². The Morgan fingerprint density at radius 3 is 2.65 bits per heavy atom. The first-order valence-corrected chi connectivity index (χ1v) is 5.89. The number of hydrazine groups is 1. The van der Waals surface area contributed by atoms with Crippen LogP contribution in [0.15, 0.2) is 6.07 Å². The quantitative estimate of drug-likeness (QED) is 0.596. The Bertz CT molecular complexity index is 376. The van der Waals surface area contributed by atoms with Gasteiger partial charge in [0, 0.05) is 19.2 Å². The lowest BCUT2D eigenvalue weighted by Gasteiger charge is -2.27. The zero-order chi connectivity index (χ0) is 12.3. The van der Waals surface area contributed by atoms with Crippen LogP contribution < -0.4 is 16.2 Å². The summed E-state index contributed by atoms with van der Waals surface area (Å²) in [6, 6.07) is 1.88. The van der Waals surface area contributed by atoms with Crippen LogP contribution in [0.4, 0.5) is 11.8 Å². The van der Waals surface area contributed by atoms with E-state index in [4.69, 9.17) is 10.6 Å². The Labute approximate surface area is 101 Å². The predicted octanol–water partition coefficient (Wildman–Crippen LogP) is 0.722. The van der Waals surface area contributed by atoms with Gasteiger partial charge < -0.3 is 15.1 Å². The van der Waals surface area contributed by atoms with Crippen molar-refractivity contribution < 1.29 is 4.74 Å². The molecule has 1 aliphatic rings.